The molecule has 0 N–H and O–H groups in total. The first-order valence-corrected chi connectivity index (χ1v) is 7.63. The van der Waals surface area contributed by atoms with Crippen LogP contribution in [-0.2, 0) is 9.53 Å². The van der Waals surface area contributed by atoms with Gasteiger partial charge in [-0.25, -0.2) is 4.79 Å². The van der Waals surface area contributed by atoms with E-state index in [-0.39, 0.29) is 5.97 Å². The van der Waals surface area contributed by atoms with E-state index in [1.807, 2.05) is 13.8 Å². The summed E-state index contributed by atoms with van der Waals surface area (Å²) in [5.74, 6) is 2.08. The van der Waals surface area contributed by atoms with Gasteiger partial charge in [0, 0.05) is 5.57 Å². The molecule has 0 spiro atoms. The van der Waals surface area contributed by atoms with Crippen molar-refractivity contribution < 1.29 is 9.53 Å². The van der Waals surface area contributed by atoms with Gasteiger partial charge in [0.05, 0.1) is 6.61 Å². The van der Waals surface area contributed by atoms with Crippen LogP contribution in [0.25, 0.3) is 0 Å². The number of hydrogen-bond acceptors (Lipinski definition) is 2. The van der Waals surface area contributed by atoms with Crippen molar-refractivity contribution in [3.05, 3.63) is 22.8 Å². The van der Waals surface area contributed by atoms with E-state index in [0.29, 0.717) is 12.5 Å². The number of esters is 1. The van der Waals surface area contributed by atoms with E-state index in [1.165, 1.54) is 24.8 Å². The summed E-state index contributed by atoms with van der Waals surface area (Å²) in [6.07, 6.45) is 7.10. The van der Waals surface area contributed by atoms with Crippen LogP contribution in [0.4, 0.5) is 0 Å². The molecule has 2 heteroatoms. The molecule has 0 aromatic rings. The number of fused-ring (bicyclic) bond motifs is 1. The Morgan fingerprint density at radius 2 is 2.05 bits per heavy atom. The average Bonchev–Trinajstić information content (AvgIpc) is 2.76. The Morgan fingerprint density at radius 3 is 2.74 bits per heavy atom. The van der Waals surface area contributed by atoms with Crippen molar-refractivity contribution in [3.63, 3.8) is 0 Å². The molecular formula is C17H26O2. The van der Waals surface area contributed by atoms with E-state index in [0.717, 1.165) is 23.8 Å². The zero-order chi connectivity index (χ0) is 14.0. The minimum atomic E-state index is -0.170. The second kappa shape index (κ2) is 5.94. The third-order valence-corrected chi connectivity index (χ3v) is 4.76. The SMILES string of the molecule is CCOC(=O)/C(C)=C\C1=C2[C@H](C)CC[C@H]2[C@H](C)CC1. The number of allylic oxidation sites excluding steroid dienone is 3. The molecule has 3 atom stereocenters. The highest BCUT2D eigenvalue weighted by molar-refractivity contribution is 5.88. The largest absolute Gasteiger partial charge is 0.463 e. The Balaban J connectivity index is 2.27. The molecule has 0 aliphatic heterocycles. The first-order chi connectivity index (χ1) is 9.04. The Morgan fingerprint density at radius 1 is 1.32 bits per heavy atom. The number of ether oxygens (including phenoxy) is 1. The molecule has 19 heavy (non-hydrogen) atoms. The maximum atomic E-state index is 11.7. The average molecular weight is 262 g/mol. The highest BCUT2D eigenvalue weighted by Gasteiger charge is 2.35. The van der Waals surface area contributed by atoms with Crippen LogP contribution < -0.4 is 0 Å². The summed E-state index contributed by atoms with van der Waals surface area (Å²) in [7, 11) is 0. The zero-order valence-corrected chi connectivity index (χ0v) is 12.7. The van der Waals surface area contributed by atoms with E-state index in [4.69, 9.17) is 4.74 Å². The van der Waals surface area contributed by atoms with Crippen molar-refractivity contribution in [2.75, 3.05) is 6.61 Å². The molecule has 0 aromatic heterocycles. The van der Waals surface area contributed by atoms with Gasteiger partial charge in [-0.1, -0.05) is 19.4 Å². The van der Waals surface area contributed by atoms with Crippen molar-refractivity contribution in [2.24, 2.45) is 17.8 Å². The third-order valence-electron chi connectivity index (χ3n) is 4.76. The van der Waals surface area contributed by atoms with Crippen LogP contribution >= 0.6 is 0 Å². The molecule has 0 radical (unpaired) electrons. The molecule has 2 nitrogen and oxygen atoms in total. The highest BCUT2D eigenvalue weighted by atomic mass is 16.5. The molecule has 1 saturated carbocycles. The number of rotatable bonds is 3. The Kier molecular flexibility index (Phi) is 4.49. The zero-order valence-electron chi connectivity index (χ0n) is 12.7. The van der Waals surface area contributed by atoms with Crippen molar-refractivity contribution >= 4 is 5.97 Å². The minimum absolute atomic E-state index is 0.170. The molecule has 1 fully saturated rings. The lowest BCUT2D eigenvalue weighted by atomic mass is 9.75. The molecule has 106 valence electrons. The van der Waals surface area contributed by atoms with Gasteiger partial charge in [-0.3, -0.25) is 0 Å². The first-order valence-electron chi connectivity index (χ1n) is 7.63. The molecule has 0 amide bonds. The van der Waals surface area contributed by atoms with Crippen molar-refractivity contribution in [1.82, 2.24) is 0 Å². The maximum Gasteiger partial charge on any atom is 0.333 e. The molecule has 2 rings (SSSR count). The van der Waals surface area contributed by atoms with Crippen LogP contribution in [0.2, 0.25) is 0 Å². The Bertz CT molecular complexity index is 417. The lowest BCUT2D eigenvalue weighted by Crippen LogP contribution is -2.18. The lowest BCUT2D eigenvalue weighted by Gasteiger charge is -2.30. The molecule has 0 unspecified atom stereocenters. The highest BCUT2D eigenvalue weighted by Crippen LogP contribution is 2.48. The van der Waals surface area contributed by atoms with Gasteiger partial charge in [-0.2, -0.15) is 0 Å². The summed E-state index contributed by atoms with van der Waals surface area (Å²) >= 11 is 0. The quantitative estimate of drug-likeness (QED) is 0.561. The second-order valence-electron chi connectivity index (χ2n) is 6.13. The van der Waals surface area contributed by atoms with Gasteiger partial charge in [0.25, 0.3) is 0 Å². The summed E-state index contributed by atoms with van der Waals surface area (Å²) in [4.78, 5) is 11.7. The summed E-state index contributed by atoms with van der Waals surface area (Å²) in [5.41, 5.74) is 3.79. The van der Waals surface area contributed by atoms with Gasteiger partial charge in [-0.15, -0.1) is 0 Å². The van der Waals surface area contributed by atoms with Crippen LogP contribution in [-0.4, -0.2) is 12.6 Å². The third kappa shape index (κ3) is 2.93. The van der Waals surface area contributed by atoms with E-state index >= 15 is 0 Å². The first kappa shape index (κ1) is 14.4. The van der Waals surface area contributed by atoms with Crippen LogP contribution in [0.3, 0.4) is 0 Å². The standard InChI is InChI=1S/C17H26O2/c1-5-19-17(18)13(4)10-14-8-6-11(2)15-9-7-12(3)16(14)15/h10-12,15H,5-9H2,1-4H3/b13-10-/t11-,12-,15+/m1/s1. The Labute approximate surface area is 116 Å². The number of carbonyl (C=O) groups excluding carboxylic acids is 1. The second-order valence-corrected chi connectivity index (χ2v) is 6.13. The fourth-order valence-corrected chi connectivity index (χ4v) is 3.70. The molecule has 0 saturated heterocycles. The molecule has 0 bridgehead atoms. The molecule has 2 aliphatic carbocycles. The predicted octanol–water partition coefficient (Wildman–Crippen LogP) is 4.27. The molecule has 0 heterocycles. The van der Waals surface area contributed by atoms with Gasteiger partial charge >= 0.3 is 5.97 Å². The topological polar surface area (TPSA) is 26.3 Å². The lowest BCUT2D eigenvalue weighted by molar-refractivity contribution is -0.138. The van der Waals surface area contributed by atoms with Crippen LogP contribution in [0.5, 0.6) is 0 Å². The molecule has 0 aromatic carbocycles. The summed E-state index contributed by atoms with van der Waals surface area (Å²) in [6.45, 7) is 8.89. The Hall–Kier alpha value is -1.05. The fraction of sp³-hybridized carbons (Fsp3) is 0.706. The summed E-state index contributed by atoms with van der Waals surface area (Å²) in [5, 5.41) is 0. The van der Waals surface area contributed by atoms with Gasteiger partial charge in [-0.05, 0) is 68.9 Å². The van der Waals surface area contributed by atoms with Crippen LogP contribution in [0.1, 0.15) is 53.4 Å². The van der Waals surface area contributed by atoms with Crippen molar-refractivity contribution in [2.45, 2.75) is 53.4 Å². The molecule has 2 aliphatic rings. The number of carbonyl (C=O) groups is 1. The monoisotopic (exact) mass is 262 g/mol. The van der Waals surface area contributed by atoms with Crippen molar-refractivity contribution in [3.8, 4) is 0 Å². The smallest absolute Gasteiger partial charge is 0.333 e. The van der Waals surface area contributed by atoms with Gasteiger partial charge < -0.3 is 4.74 Å². The summed E-state index contributed by atoms with van der Waals surface area (Å²) in [6, 6.07) is 0. The van der Waals surface area contributed by atoms with E-state index in [2.05, 4.69) is 19.9 Å². The van der Waals surface area contributed by atoms with Crippen LogP contribution in [0, 0.1) is 17.8 Å². The van der Waals surface area contributed by atoms with E-state index in [9.17, 15) is 4.79 Å². The predicted molar refractivity (Wildman–Crippen MR) is 77.7 cm³/mol. The maximum absolute atomic E-state index is 11.7. The van der Waals surface area contributed by atoms with Crippen molar-refractivity contribution in [1.29, 1.82) is 0 Å². The van der Waals surface area contributed by atoms with Gasteiger partial charge in [0.1, 0.15) is 0 Å². The van der Waals surface area contributed by atoms with Gasteiger partial charge in [0.15, 0.2) is 0 Å². The van der Waals surface area contributed by atoms with E-state index < -0.39 is 0 Å². The normalized spacial score (nSPS) is 31.4. The van der Waals surface area contributed by atoms with E-state index in [1.54, 1.807) is 5.57 Å². The van der Waals surface area contributed by atoms with Crippen LogP contribution in [0.15, 0.2) is 22.8 Å². The number of hydrogen-bond donors (Lipinski definition) is 0. The van der Waals surface area contributed by atoms with Gasteiger partial charge in [0.2, 0.25) is 0 Å². The fourth-order valence-electron chi connectivity index (χ4n) is 3.70. The molecular weight excluding hydrogens is 236 g/mol. The summed E-state index contributed by atoms with van der Waals surface area (Å²) < 4.78 is 5.07. The minimum Gasteiger partial charge on any atom is -0.463 e.